The van der Waals surface area contributed by atoms with Crippen molar-refractivity contribution in [2.24, 2.45) is 0 Å². The lowest BCUT2D eigenvalue weighted by atomic mass is 10.0. The smallest absolute Gasteiger partial charge is 0.323 e. The molecule has 2 aromatic rings. The van der Waals surface area contributed by atoms with E-state index in [-0.39, 0.29) is 11.1 Å². The van der Waals surface area contributed by atoms with Crippen molar-refractivity contribution in [3.63, 3.8) is 0 Å². The van der Waals surface area contributed by atoms with Gasteiger partial charge in [-0.2, -0.15) is 0 Å². The summed E-state index contributed by atoms with van der Waals surface area (Å²) >= 11 is 1.71. The van der Waals surface area contributed by atoms with Crippen LogP contribution >= 0.6 is 11.8 Å². The fourth-order valence-electron chi connectivity index (χ4n) is 2.34. The molecule has 1 aromatic heterocycles. The number of H-pyrrole nitrogens is 2. The minimum Gasteiger partial charge on any atom is -0.479 e. The molecule has 1 aromatic carbocycles. The molecule has 0 aliphatic carbocycles. The van der Waals surface area contributed by atoms with Gasteiger partial charge in [0.2, 0.25) is 0 Å². The Labute approximate surface area is 135 Å². The number of rotatable bonds is 8. The van der Waals surface area contributed by atoms with Crippen molar-refractivity contribution >= 4 is 11.8 Å². The average molecular weight is 320 g/mol. The number of thioether (sulfide) groups is 1. The standard InChI is InChI=1S/C17H24N2O2S/c1-4-12-8-7-9-13(5-2)16(12)21-15(6-3)22-11-14-10-18-17(20)19-14/h7-10,15H,4-6,11H2,1-3H3,(H2,18,19,20). The van der Waals surface area contributed by atoms with Crippen molar-refractivity contribution in [3.05, 3.63) is 51.7 Å². The Morgan fingerprint density at radius 1 is 1.18 bits per heavy atom. The van der Waals surface area contributed by atoms with Gasteiger partial charge in [-0.25, -0.2) is 4.79 Å². The van der Waals surface area contributed by atoms with Crippen molar-refractivity contribution < 1.29 is 4.74 Å². The van der Waals surface area contributed by atoms with E-state index in [1.165, 1.54) is 11.1 Å². The zero-order valence-corrected chi connectivity index (χ0v) is 14.3. The van der Waals surface area contributed by atoms with Gasteiger partial charge < -0.3 is 14.7 Å². The second kappa shape index (κ2) is 8.13. The van der Waals surface area contributed by atoms with E-state index in [0.717, 1.165) is 36.5 Å². The highest BCUT2D eigenvalue weighted by molar-refractivity contribution is 7.99. The van der Waals surface area contributed by atoms with Gasteiger partial charge in [-0.05, 0) is 30.4 Å². The SMILES string of the molecule is CCc1cccc(CC)c1OC(CC)SCc1c[nH]c(=O)[nH]1. The molecule has 120 valence electrons. The van der Waals surface area contributed by atoms with Crippen LogP contribution in [-0.4, -0.2) is 15.4 Å². The van der Waals surface area contributed by atoms with Crippen LogP contribution in [0.4, 0.5) is 0 Å². The number of aromatic amines is 2. The molecular formula is C17H24N2O2S. The molecular weight excluding hydrogens is 296 g/mol. The third-order valence-corrected chi connectivity index (χ3v) is 4.88. The highest BCUT2D eigenvalue weighted by atomic mass is 32.2. The predicted octanol–water partition coefficient (Wildman–Crippen LogP) is 3.88. The highest BCUT2D eigenvalue weighted by Crippen LogP contribution is 2.30. The molecule has 0 radical (unpaired) electrons. The Morgan fingerprint density at radius 2 is 1.86 bits per heavy atom. The summed E-state index contributed by atoms with van der Waals surface area (Å²) < 4.78 is 6.30. The second-order valence-electron chi connectivity index (χ2n) is 5.15. The van der Waals surface area contributed by atoms with E-state index in [2.05, 4.69) is 48.9 Å². The van der Waals surface area contributed by atoms with Crippen LogP contribution in [0, 0.1) is 0 Å². The molecule has 0 amide bonds. The lowest BCUT2D eigenvalue weighted by Gasteiger charge is -2.21. The van der Waals surface area contributed by atoms with E-state index in [1.807, 2.05) is 0 Å². The first-order chi connectivity index (χ1) is 10.7. The average Bonchev–Trinajstić information content (AvgIpc) is 2.96. The van der Waals surface area contributed by atoms with E-state index < -0.39 is 0 Å². The van der Waals surface area contributed by atoms with Gasteiger partial charge in [-0.3, -0.25) is 0 Å². The zero-order valence-electron chi connectivity index (χ0n) is 13.4. The quantitative estimate of drug-likeness (QED) is 0.726. The normalized spacial score (nSPS) is 12.3. The van der Waals surface area contributed by atoms with Gasteiger partial charge in [-0.1, -0.05) is 39.0 Å². The summed E-state index contributed by atoms with van der Waals surface area (Å²) in [6, 6.07) is 6.37. The summed E-state index contributed by atoms with van der Waals surface area (Å²) in [4.78, 5) is 16.5. The van der Waals surface area contributed by atoms with Gasteiger partial charge in [0.1, 0.15) is 11.2 Å². The molecule has 1 heterocycles. The summed E-state index contributed by atoms with van der Waals surface area (Å²) in [5.41, 5.74) is 3.34. The van der Waals surface area contributed by atoms with Crippen LogP contribution < -0.4 is 10.4 Å². The zero-order chi connectivity index (χ0) is 15.9. The summed E-state index contributed by atoms with van der Waals surface area (Å²) in [6.45, 7) is 6.43. The maximum atomic E-state index is 11.1. The summed E-state index contributed by atoms with van der Waals surface area (Å²) in [6.07, 6.45) is 4.57. The maximum absolute atomic E-state index is 11.1. The van der Waals surface area contributed by atoms with E-state index in [1.54, 1.807) is 18.0 Å². The number of aryl methyl sites for hydroxylation is 2. The minimum absolute atomic E-state index is 0.0800. The molecule has 0 saturated heterocycles. The second-order valence-corrected chi connectivity index (χ2v) is 6.29. The van der Waals surface area contributed by atoms with Crippen LogP contribution in [0.25, 0.3) is 0 Å². The third-order valence-electron chi connectivity index (χ3n) is 3.60. The number of hydrogen-bond acceptors (Lipinski definition) is 3. The van der Waals surface area contributed by atoms with Crippen molar-refractivity contribution in [2.75, 3.05) is 0 Å². The van der Waals surface area contributed by atoms with Gasteiger partial charge in [0, 0.05) is 17.6 Å². The molecule has 1 atom stereocenters. The molecule has 2 N–H and O–H groups in total. The fraction of sp³-hybridized carbons (Fsp3) is 0.471. The number of imidazole rings is 1. The van der Waals surface area contributed by atoms with Gasteiger partial charge in [0.25, 0.3) is 0 Å². The Bertz CT molecular complexity index is 626. The van der Waals surface area contributed by atoms with Crippen LogP contribution in [0.1, 0.15) is 44.0 Å². The van der Waals surface area contributed by atoms with Crippen molar-refractivity contribution in [3.8, 4) is 5.75 Å². The van der Waals surface area contributed by atoms with Crippen molar-refractivity contribution in [2.45, 2.75) is 51.2 Å². The molecule has 0 aliphatic heterocycles. The van der Waals surface area contributed by atoms with Crippen LogP contribution in [0.5, 0.6) is 5.75 Å². The minimum atomic E-state index is -0.158. The Hall–Kier alpha value is -1.62. The molecule has 5 heteroatoms. The molecule has 0 aliphatic rings. The van der Waals surface area contributed by atoms with E-state index in [0.29, 0.717) is 0 Å². The summed E-state index contributed by atoms with van der Waals surface area (Å²) in [5, 5.41) is 0. The Balaban J connectivity index is 2.08. The van der Waals surface area contributed by atoms with Gasteiger partial charge in [0.15, 0.2) is 0 Å². The van der Waals surface area contributed by atoms with Gasteiger partial charge in [-0.15, -0.1) is 11.8 Å². The number of hydrogen-bond donors (Lipinski definition) is 2. The van der Waals surface area contributed by atoms with Crippen LogP contribution in [0.15, 0.2) is 29.2 Å². The largest absolute Gasteiger partial charge is 0.479 e. The molecule has 2 rings (SSSR count). The number of para-hydroxylation sites is 1. The Kier molecular flexibility index (Phi) is 6.19. The topological polar surface area (TPSA) is 57.9 Å². The molecule has 22 heavy (non-hydrogen) atoms. The molecule has 4 nitrogen and oxygen atoms in total. The van der Waals surface area contributed by atoms with Crippen LogP contribution in [0.2, 0.25) is 0 Å². The molecule has 1 unspecified atom stereocenters. The fourth-order valence-corrected chi connectivity index (χ4v) is 3.26. The number of nitrogens with one attached hydrogen (secondary N) is 2. The monoisotopic (exact) mass is 320 g/mol. The number of ether oxygens (including phenoxy) is 1. The first kappa shape index (κ1) is 16.7. The van der Waals surface area contributed by atoms with E-state index in [9.17, 15) is 4.79 Å². The third kappa shape index (κ3) is 4.19. The highest BCUT2D eigenvalue weighted by Gasteiger charge is 2.14. The number of aromatic nitrogens is 2. The molecule has 0 saturated carbocycles. The first-order valence-corrected chi connectivity index (χ1v) is 8.88. The predicted molar refractivity (Wildman–Crippen MR) is 92.6 cm³/mol. The lowest BCUT2D eigenvalue weighted by molar-refractivity contribution is 0.278. The Morgan fingerprint density at radius 3 is 2.36 bits per heavy atom. The summed E-state index contributed by atoms with van der Waals surface area (Å²) in [5.74, 6) is 1.77. The van der Waals surface area contributed by atoms with Crippen LogP contribution in [0.3, 0.4) is 0 Å². The van der Waals surface area contributed by atoms with Gasteiger partial charge >= 0.3 is 5.69 Å². The molecule has 0 fully saturated rings. The molecule has 0 bridgehead atoms. The van der Waals surface area contributed by atoms with Crippen LogP contribution in [-0.2, 0) is 18.6 Å². The van der Waals surface area contributed by atoms with Gasteiger partial charge in [0.05, 0.1) is 0 Å². The van der Waals surface area contributed by atoms with E-state index >= 15 is 0 Å². The van der Waals surface area contributed by atoms with Crippen molar-refractivity contribution in [1.82, 2.24) is 9.97 Å². The number of benzene rings is 1. The van der Waals surface area contributed by atoms with Crippen molar-refractivity contribution in [1.29, 1.82) is 0 Å². The summed E-state index contributed by atoms with van der Waals surface area (Å²) in [7, 11) is 0. The van der Waals surface area contributed by atoms with E-state index in [4.69, 9.17) is 4.74 Å². The molecule has 0 spiro atoms. The lowest BCUT2D eigenvalue weighted by Crippen LogP contribution is -2.14. The maximum Gasteiger partial charge on any atom is 0.323 e. The first-order valence-electron chi connectivity index (χ1n) is 7.83.